The number of aryl methyl sites for hydroxylation is 2. The van der Waals surface area contributed by atoms with Crippen LogP contribution in [0.1, 0.15) is 22.5 Å². The standard InChI is InChI=1S/C21H20N4.4ClH.2Cu/c1-16-14-21(25-15-19-8-4-6-11-23-19)17(2)13-20(16)24-12-9-18-7-3-5-10-22-18;;;;;;/h3-8,10-15H,9H2,1-2H3;4*1H;;. The maximum Gasteiger partial charge on any atom is 0.0812 e. The number of benzene rings is 1. The molecule has 0 N–H and O–H groups in total. The van der Waals surface area contributed by atoms with Crippen LogP contribution in [-0.4, -0.2) is 22.4 Å². The zero-order chi connectivity index (χ0) is 17.5. The van der Waals surface area contributed by atoms with Gasteiger partial charge in [-0.2, -0.15) is 0 Å². The molecule has 178 valence electrons. The number of nitrogens with zero attached hydrogens (tertiary/aromatic N) is 4. The largest absolute Gasteiger partial charge is 0.261 e. The van der Waals surface area contributed by atoms with Crippen LogP contribution in [0, 0.1) is 13.8 Å². The molecule has 0 spiro atoms. The Bertz CT molecular complexity index is 912. The third-order valence-corrected chi connectivity index (χ3v) is 3.80. The fourth-order valence-electron chi connectivity index (χ4n) is 2.41. The Morgan fingerprint density at radius 3 is 1.81 bits per heavy atom. The van der Waals surface area contributed by atoms with Gasteiger partial charge in [-0.3, -0.25) is 20.0 Å². The average molecular weight is 601 g/mol. The van der Waals surface area contributed by atoms with E-state index in [4.69, 9.17) is 0 Å². The molecular formula is C21H24Cl4Cu2N4. The number of hydrogen-bond acceptors (Lipinski definition) is 4. The predicted octanol–water partition coefficient (Wildman–Crippen LogP) is 6.47. The third-order valence-electron chi connectivity index (χ3n) is 3.80. The normalized spacial score (nSPS) is 9.23. The summed E-state index contributed by atoms with van der Waals surface area (Å²) in [5.41, 5.74) is 5.94. The van der Waals surface area contributed by atoms with Crippen molar-refractivity contribution in [3.8, 4) is 0 Å². The zero-order valence-corrected chi connectivity index (χ0v) is 21.8. The average Bonchev–Trinajstić information content (AvgIpc) is 2.65. The molecule has 0 fully saturated rings. The predicted molar refractivity (Wildman–Crippen MR) is 132 cm³/mol. The van der Waals surface area contributed by atoms with E-state index in [1.165, 1.54) is 0 Å². The summed E-state index contributed by atoms with van der Waals surface area (Å²) in [6.07, 6.45) is 7.97. The summed E-state index contributed by atoms with van der Waals surface area (Å²) in [4.78, 5) is 17.7. The third kappa shape index (κ3) is 12.0. The van der Waals surface area contributed by atoms with Crippen molar-refractivity contribution < 1.29 is 34.1 Å². The van der Waals surface area contributed by atoms with E-state index in [-0.39, 0.29) is 83.8 Å². The molecule has 0 bridgehead atoms. The molecule has 0 aliphatic rings. The van der Waals surface area contributed by atoms with Gasteiger partial charge in [-0.15, -0.1) is 49.6 Å². The molecule has 0 saturated carbocycles. The summed E-state index contributed by atoms with van der Waals surface area (Å²) in [7, 11) is 0. The maximum atomic E-state index is 4.59. The molecule has 2 aromatic heterocycles. The van der Waals surface area contributed by atoms with Gasteiger partial charge in [0, 0.05) is 64.9 Å². The molecular weight excluding hydrogens is 577 g/mol. The number of hydrogen-bond donors (Lipinski definition) is 0. The Morgan fingerprint density at radius 1 is 0.742 bits per heavy atom. The summed E-state index contributed by atoms with van der Waals surface area (Å²) in [6, 6.07) is 15.8. The summed E-state index contributed by atoms with van der Waals surface area (Å²) in [5, 5.41) is 0. The van der Waals surface area contributed by atoms with E-state index in [0.717, 1.165) is 40.3 Å². The first kappa shape index (κ1) is 37.4. The molecule has 0 aliphatic heterocycles. The van der Waals surface area contributed by atoms with Crippen molar-refractivity contribution >= 4 is 73.4 Å². The molecule has 2 heterocycles. The van der Waals surface area contributed by atoms with Crippen LogP contribution in [-0.2, 0) is 40.6 Å². The Morgan fingerprint density at radius 2 is 1.29 bits per heavy atom. The molecule has 4 nitrogen and oxygen atoms in total. The van der Waals surface area contributed by atoms with Crippen molar-refractivity contribution in [2.75, 3.05) is 0 Å². The fourth-order valence-corrected chi connectivity index (χ4v) is 2.41. The molecule has 3 aromatic rings. The van der Waals surface area contributed by atoms with Crippen LogP contribution in [0.5, 0.6) is 0 Å². The summed E-state index contributed by atoms with van der Waals surface area (Å²) < 4.78 is 0. The second-order valence-electron chi connectivity index (χ2n) is 5.77. The van der Waals surface area contributed by atoms with Gasteiger partial charge >= 0.3 is 0 Å². The van der Waals surface area contributed by atoms with E-state index in [9.17, 15) is 0 Å². The Kier molecular flexibility index (Phi) is 23.8. The zero-order valence-electron chi connectivity index (χ0n) is 16.7. The number of pyridine rings is 2. The molecule has 10 heteroatoms. The molecule has 3 rings (SSSR count). The minimum atomic E-state index is 0. The molecule has 0 saturated heterocycles. The van der Waals surface area contributed by atoms with Crippen LogP contribution >= 0.6 is 49.6 Å². The van der Waals surface area contributed by atoms with E-state index >= 15 is 0 Å². The number of rotatable bonds is 5. The second kappa shape index (κ2) is 19.7. The SMILES string of the molecule is Cc1cc(N=Cc2ccccn2)c(C)cc1N=CCc1ccccn1.Cl.Cl.Cl.Cl.[Cu].[Cu]. The van der Waals surface area contributed by atoms with E-state index in [0.29, 0.717) is 0 Å². The molecule has 2 radical (unpaired) electrons. The first-order valence-corrected chi connectivity index (χ1v) is 8.21. The van der Waals surface area contributed by atoms with Crippen LogP contribution in [0.15, 0.2) is 70.9 Å². The van der Waals surface area contributed by atoms with E-state index < -0.39 is 0 Å². The Labute approximate surface area is 229 Å². The van der Waals surface area contributed by atoms with Crippen LogP contribution in [0.2, 0.25) is 0 Å². The van der Waals surface area contributed by atoms with Gasteiger partial charge in [0.15, 0.2) is 0 Å². The van der Waals surface area contributed by atoms with Crippen LogP contribution in [0.25, 0.3) is 0 Å². The van der Waals surface area contributed by atoms with Crippen molar-refractivity contribution in [3.63, 3.8) is 0 Å². The van der Waals surface area contributed by atoms with Gasteiger partial charge in [0.2, 0.25) is 0 Å². The Hall–Kier alpha value is -0.941. The minimum Gasteiger partial charge on any atom is -0.261 e. The molecule has 0 amide bonds. The summed E-state index contributed by atoms with van der Waals surface area (Å²) >= 11 is 0. The molecule has 0 unspecified atom stereocenters. The molecule has 31 heavy (non-hydrogen) atoms. The van der Waals surface area contributed by atoms with Gasteiger partial charge in [-0.1, -0.05) is 12.1 Å². The monoisotopic (exact) mass is 598 g/mol. The number of aromatic nitrogens is 2. The first-order chi connectivity index (χ1) is 12.2. The number of aliphatic imine (C=N–C) groups is 2. The van der Waals surface area contributed by atoms with E-state index in [1.807, 2.05) is 56.5 Å². The van der Waals surface area contributed by atoms with Crippen molar-refractivity contribution in [1.82, 2.24) is 9.97 Å². The topological polar surface area (TPSA) is 50.5 Å². The van der Waals surface area contributed by atoms with E-state index in [2.05, 4.69) is 32.1 Å². The van der Waals surface area contributed by atoms with Gasteiger partial charge in [-0.25, -0.2) is 0 Å². The van der Waals surface area contributed by atoms with Crippen LogP contribution in [0.4, 0.5) is 11.4 Å². The van der Waals surface area contributed by atoms with Crippen LogP contribution < -0.4 is 0 Å². The summed E-state index contributed by atoms with van der Waals surface area (Å²) in [5.74, 6) is 0. The van der Waals surface area contributed by atoms with Crippen molar-refractivity contribution in [2.45, 2.75) is 20.3 Å². The Balaban J connectivity index is -0.000000607. The van der Waals surface area contributed by atoms with Gasteiger partial charge in [0.25, 0.3) is 0 Å². The first-order valence-electron chi connectivity index (χ1n) is 8.21. The number of halogens is 4. The van der Waals surface area contributed by atoms with Crippen molar-refractivity contribution in [3.05, 3.63) is 83.4 Å². The molecule has 0 aliphatic carbocycles. The van der Waals surface area contributed by atoms with Gasteiger partial charge in [-0.05, 0) is 61.4 Å². The maximum absolute atomic E-state index is 4.59. The van der Waals surface area contributed by atoms with Gasteiger partial charge < -0.3 is 0 Å². The van der Waals surface area contributed by atoms with Crippen molar-refractivity contribution in [1.29, 1.82) is 0 Å². The van der Waals surface area contributed by atoms with Crippen molar-refractivity contribution in [2.24, 2.45) is 9.98 Å². The summed E-state index contributed by atoms with van der Waals surface area (Å²) in [6.45, 7) is 4.09. The second-order valence-corrected chi connectivity index (χ2v) is 5.77. The van der Waals surface area contributed by atoms with Crippen LogP contribution in [0.3, 0.4) is 0 Å². The fraction of sp³-hybridized carbons (Fsp3) is 0.143. The van der Waals surface area contributed by atoms with E-state index in [1.54, 1.807) is 18.6 Å². The van der Waals surface area contributed by atoms with Gasteiger partial charge in [0.1, 0.15) is 0 Å². The quantitative estimate of drug-likeness (QED) is 0.249. The minimum absolute atomic E-state index is 0. The molecule has 0 atom stereocenters. The molecule has 1 aromatic carbocycles. The smallest absolute Gasteiger partial charge is 0.0812 e. The van der Waals surface area contributed by atoms with Gasteiger partial charge in [0.05, 0.1) is 23.3 Å².